The number of aryl methyl sites for hydroxylation is 1. The quantitative estimate of drug-likeness (QED) is 0.251. The number of carbonyl (C=O) groups excluding carboxylic acids is 1. The Hall–Kier alpha value is -3.56. The number of hydrazone groups is 1. The molecule has 3 aromatic rings. The fraction of sp³-hybridized carbons (Fsp3) is 0.259. The van der Waals surface area contributed by atoms with E-state index in [0.717, 1.165) is 16.3 Å². The molecule has 1 N–H and O–H groups in total. The molecule has 0 unspecified atom stereocenters. The van der Waals surface area contributed by atoms with E-state index in [-0.39, 0.29) is 10.6 Å². The first kappa shape index (κ1) is 28.0. The molecule has 3 aromatic carbocycles. The first-order valence-corrected chi connectivity index (χ1v) is 13.6. The van der Waals surface area contributed by atoms with Gasteiger partial charge in [0.2, 0.25) is 0 Å². The molecule has 0 aliphatic carbocycles. The van der Waals surface area contributed by atoms with E-state index in [4.69, 9.17) is 21.1 Å². The number of hydrogen-bond acceptors (Lipinski definition) is 6. The lowest BCUT2D eigenvalue weighted by Crippen LogP contribution is -2.39. The summed E-state index contributed by atoms with van der Waals surface area (Å²) in [6, 6.07) is 18.0. The van der Waals surface area contributed by atoms with E-state index < -0.39 is 22.5 Å². The summed E-state index contributed by atoms with van der Waals surface area (Å²) in [4.78, 5) is 12.8. The normalized spacial score (nSPS) is 11.4. The number of carbonyl (C=O) groups is 1. The fourth-order valence-electron chi connectivity index (χ4n) is 3.33. The number of anilines is 1. The number of halogens is 1. The van der Waals surface area contributed by atoms with Gasteiger partial charge in [-0.15, -0.1) is 0 Å². The van der Waals surface area contributed by atoms with Crippen LogP contribution in [0.1, 0.15) is 31.4 Å². The van der Waals surface area contributed by atoms with Crippen molar-refractivity contribution in [3.63, 3.8) is 0 Å². The van der Waals surface area contributed by atoms with Crippen LogP contribution >= 0.6 is 11.6 Å². The van der Waals surface area contributed by atoms with E-state index >= 15 is 0 Å². The average molecular weight is 544 g/mol. The van der Waals surface area contributed by atoms with Gasteiger partial charge in [0.1, 0.15) is 6.54 Å². The maximum Gasteiger partial charge on any atom is 0.264 e. The lowest BCUT2D eigenvalue weighted by molar-refractivity contribution is -0.119. The zero-order valence-corrected chi connectivity index (χ0v) is 22.6. The van der Waals surface area contributed by atoms with E-state index in [0.29, 0.717) is 35.3 Å². The number of amides is 1. The van der Waals surface area contributed by atoms with Crippen LogP contribution in [0.5, 0.6) is 11.5 Å². The standard InChI is InChI=1S/C27H30ClN3O5S/c1-4-15-36-25-14-11-21(16-26(25)35-5-2)18-29-30-27(32)19-31(23-8-6-7-22(28)17-23)37(33,34)24-12-9-20(3)10-13-24/h6-14,16-18H,4-5,15,19H2,1-3H3,(H,30,32)/b29-18+. The molecule has 0 saturated heterocycles. The molecule has 1 amide bonds. The summed E-state index contributed by atoms with van der Waals surface area (Å²) < 4.78 is 39.2. The highest BCUT2D eigenvalue weighted by Gasteiger charge is 2.27. The Morgan fingerprint density at radius 1 is 1.03 bits per heavy atom. The van der Waals surface area contributed by atoms with Gasteiger partial charge < -0.3 is 9.47 Å². The molecule has 3 rings (SSSR count). The van der Waals surface area contributed by atoms with Crippen LogP contribution in [0.15, 0.2) is 76.7 Å². The predicted octanol–water partition coefficient (Wildman–Crippen LogP) is 5.18. The third-order valence-electron chi connectivity index (χ3n) is 5.12. The molecule has 0 aromatic heterocycles. The van der Waals surface area contributed by atoms with Crippen molar-refractivity contribution >= 4 is 39.4 Å². The molecule has 10 heteroatoms. The molecule has 8 nitrogen and oxygen atoms in total. The summed E-state index contributed by atoms with van der Waals surface area (Å²) in [5, 5.41) is 4.34. The minimum atomic E-state index is -4.05. The highest BCUT2D eigenvalue weighted by Crippen LogP contribution is 2.28. The van der Waals surface area contributed by atoms with Crippen molar-refractivity contribution in [1.82, 2.24) is 5.43 Å². The summed E-state index contributed by atoms with van der Waals surface area (Å²) in [5.74, 6) is 0.575. The molecular formula is C27H30ClN3O5S. The van der Waals surface area contributed by atoms with Crippen LogP contribution in [0.3, 0.4) is 0 Å². The SMILES string of the molecule is CCCOc1ccc(/C=N/NC(=O)CN(c2cccc(Cl)c2)S(=O)(=O)c2ccc(C)cc2)cc1OCC. The van der Waals surface area contributed by atoms with Gasteiger partial charge in [0.25, 0.3) is 15.9 Å². The number of benzene rings is 3. The zero-order valence-electron chi connectivity index (χ0n) is 21.0. The first-order chi connectivity index (χ1) is 17.7. The molecule has 0 fully saturated rings. The minimum Gasteiger partial charge on any atom is -0.490 e. The van der Waals surface area contributed by atoms with E-state index in [1.807, 2.05) is 20.8 Å². The maximum absolute atomic E-state index is 13.4. The first-order valence-electron chi connectivity index (χ1n) is 11.8. The second kappa shape index (κ2) is 13.1. The molecule has 37 heavy (non-hydrogen) atoms. The van der Waals surface area contributed by atoms with Gasteiger partial charge >= 0.3 is 0 Å². The van der Waals surface area contributed by atoms with Gasteiger partial charge in [0, 0.05) is 5.02 Å². The largest absolute Gasteiger partial charge is 0.490 e. The van der Waals surface area contributed by atoms with Crippen molar-refractivity contribution in [2.45, 2.75) is 32.1 Å². The molecule has 0 aliphatic heterocycles. The second-order valence-corrected chi connectivity index (χ2v) is 10.4. The van der Waals surface area contributed by atoms with Crippen LogP contribution in [-0.4, -0.2) is 40.3 Å². The van der Waals surface area contributed by atoms with Crippen LogP contribution < -0.4 is 19.2 Å². The number of nitrogens with one attached hydrogen (secondary N) is 1. The molecule has 0 bridgehead atoms. The van der Waals surface area contributed by atoms with Crippen molar-refractivity contribution in [2.24, 2.45) is 5.10 Å². The monoisotopic (exact) mass is 543 g/mol. The van der Waals surface area contributed by atoms with E-state index in [1.54, 1.807) is 48.5 Å². The van der Waals surface area contributed by atoms with E-state index in [2.05, 4.69) is 10.5 Å². The number of ether oxygens (including phenoxy) is 2. The summed E-state index contributed by atoms with van der Waals surface area (Å²) in [5.41, 5.74) is 4.25. The van der Waals surface area contributed by atoms with Gasteiger partial charge in [0.15, 0.2) is 11.5 Å². The molecule has 0 atom stereocenters. The minimum absolute atomic E-state index is 0.0585. The van der Waals surface area contributed by atoms with Crippen LogP contribution in [0, 0.1) is 6.92 Å². The highest BCUT2D eigenvalue weighted by atomic mass is 35.5. The number of rotatable bonds is 12. The lowest BCUT2D eigenvalue weighted by atomic mass is 10.2. The molecule has 0 saturated carbocycles. The van der Waals surface area contributed by atoms with Crippen molar-refractivity contribution in [1.29, 1.82) is 0 Å². The molecule has 0 aliphatic rings. The Kier molecular flexibility index (Phi) is 9.93. The lowest BCUT2D eigenvalue weighted by Gasteiger charge is -2.24. The third-order valence-corrected chi connectivity index (χ3v) is 7.15. The van der Waals surface area contributed by atoms with E-state index in [9.17, 15) is 13.2 Å². The van der Waals surface area contributed by atoms with Crippen molar-refractivity contribution < 1.29 is 22.7 Å². The number of sulfonamides is 1. The summed E-state index contributed by atoms with van der Waals surface area (Å²) in [6.45, 7) is 6.29. The van der Waals surface area contributed by atoms with Crippen molar-refractivity contribution in [2.75, 3.05) is 24.1 Å². The van der Waals surface area contributed by atoms with Gasteiger partial charge in [0.05, 0.1) is 30.0 Å². The van der Waals surface area contributed by atoms with Crippen LogP contribution in [-0.2, 0) is 14.8 Å². The topological polar surface area (TPSA) is 97.3 Å². The Bertz CT molecular complexity index is 1340. The van der Waals surface area contributed by atoms with Crippen LogP contribution in [0.25, 0.3) is 0 Å². The van der Waals surface area contributed by atoms with Gasteiger partial charge in [-0.1, -0.05) is 42.3 Å². The molecular weight excluding hydrogens is 514 g/mol. The Balaban J connectivity index is 1.78. The Morgan fingerprint density at radius 3 is 2.46 bits per heavy atom. The van der Waals surface area contributed by atoms with Crippen molar-refractivity contribution in [3.8, 4) is 11.5 Å². The zero-order chi connectivity index (χ0) is 26.8. The molecule has 0 heterocycles. The van der Waals surface area contributed by atoms with Crippen molar-refractivity contribution in [3.05, 3.63) is 82.9 Å². The maximum atomic E-state index is 13.4. The highest BCUT2D eigenvalue weighted by molar-refractivity contribution is 7.92. The smallest absolute Gasteiger partial charge is 0.264 e. The Labute approximate surface area is 222 Å². The molecule has 0 spiro atoms. The van der Waals surface area contributed by atoms with Crippen LogP contribution in [0.4, 0.5) is 5.69 Å². The molecule has 196 valence electrons. The second-order valence-electron chi connectivity index (χ2n) is 8.09. The Morgan fingerprint density at radius 2 is 1.78 bits per heavy atom. The third kappa shape index (κ3) is 7.71. The predicted molar refractivity (Wildman–Crippen MR) is 146 cm³/mol. The van der Waals surface area contributed by atoms with E-state index in [1.165, 1.54) is 24.4 Å². The van der Waals surface area contributed by atoms with Gasteiger partial charge in [-0.2, -0.15) is 5.10 Å². The van der Waals surface area contributed by atoms with Gasteiger partial charge in [-0.05, 0) is 74.4 Å². The summed E-state index contributed by atoms with van der Waals surface area (Å²) >= 11 is 6.10. The number of hydrogen-bond donors (Lipinski definition) is 1. The molecule has 0 radical (unpaired) electrons. The van der Waals surface area contributed by atoms with Crippen LogP contribution in [0.2, 0.25) is 5.02 Å². The fourth-order valence-corrected chi connectivity index (χ4v) is 4.93. The number of nitrogens with zero attached hydrogens (tertiary/aromatic N) is 2. The average Bonchev–Trinajstić information content (AvgIpc) is 2.87. The summed E-state index contributed by atoms with van der Waals surface area (Å²) in [7, 11) is -4.05. The van der Waals surface area contributed by atoms with Gasteiger partial charge in [-0.25, -0.2) is 13.8 Å². The van der Waals surface area contributed by atoms with Gasteiger partial charge in [-0.3, -0.25) is 9.10 Å². The summed E-state index contributed by atoms with van der Waals surface area (Å²) in [6.07, 6.45) is 2.31.